The Hall–Kier alpha value is -2.28. The molecule has 2 aromatic rings. The number of thiazole rings is 1. The van der Waals surface area contributed by atoms with E-state index < -0.39 is 0 Å². The summed E-state index contributed by atoms with van der Waals surface area (Å²) in [5.74, 6) is 0.331. The van der Waals surface area contributed by atoms with Crippen LogP contribution in [0.1, 0.15) is 42.6 Å². The molecule has 2 heterocycles. The van der Waals surface area contributed by atoms with Gasteiger partial charge in [-0.1, -0.05) is 11.6 Å². The number of carbonyl (C=O) groups is 1. The van der Waals surface area contributed by atoms with Crippen molar-refractivity contribution in [3.05, 3.63) is 41.2 Å². The maximum absolute atomic E-state index is 12.1. The van der Waals surface area contributed by atoms with E-state index in [0.717, 1.165) is 12.8 Å². The predicted molar refractivity (Wildman–Crippen MR) is 90.9 cm³/mol. The molecule has 0 radical (unpaired) electrons. The molecule has 1 amide bonds. The second-order valence-electron chi connectivity index (χ2n) is 5.35. The summed E-state index contributed by atoms with van der Waals surface area (Å²) < 4.78 is 0. The van der Waals surface area contributed by atoms with E-state index in [1.54, 1.807) is 23.8 Å². The first-order valence-corrected chi connectivity index (χ1v) is 8.65. The smallest absolute Gasteiger partial charge is 0.270 e. The van der Waals surface area contributed by atoms with Crippen LogP contribution in [0.4, 0.5) is 11.1 Å². The maximum Gasteiger partial charge on any atom is 0.270 e. The number of hydrogen-bond acceptors (Lipinski definition) is 6. The molecule has 3 rings (SSSR count). The molecule has 1 aliphatic rings. The zero-order chi connectivity index (χ0) is 15.9. The van der Waals surface area contributed by atoms with Gasteiger partial charge in [-0.05, 0) is 38.2 Å². The molecular formula is C16H19N5OS. The molecule has 120 valence electrons. The van der Waals surface area contributed by atoms with Crippen molar-refractivity contribution in [2.75, 3.05) is 11.9 Å². The molecule has 0 fully saturated rings. The van der Waals surface area contributed by atoms with Crippen molar-refractivity contribution in [1.29, 1.82) is 0 Å². The van der Waals surface area contributed by atoms with Gasteiger partial charge in [0.1, 0.15) is 5.69 Å². The first-order chi connectivity index (χ1) is 11.3. The van der Waals surface area contributed by atoms with Crippen molar-refractivity contribution in [1.82, 2.24) is 20.3 Å². The van der Waals surface area contributed by atoms with Gasteiger partial charge in [0.05, 0.1) is 0 Å². The third-order valence-electron chi connectivity index (χ3n) is 3.64. The maximum atomic E-state index is 12.1. The van der Waals surface area contributed by atoms with E-state index in [1.807, 2.05) is 0 Å². The van der Waals surface area contributed by atoms with Gasteiger partial charge in [0.2, 0.25) is 5.95 Å². The topological polar surface area (TPSA) is 79.8 Å². The van der Waals surface area contributed by atoms with E-state index in [0.29, 0.717) is 23.3 Å². The van der Waals surface area contributed by atoms with Crippen molar-refractivity contribution in [2.24, 2.45) is 0 Å². The number of carbonyl (C=O) groups excluding carboxylic acids is 1. The molecule has 0 atom stereocenters. The average molecular weight is 329 g/mol. The quantitative estimate of drug-likeness (QED) is 0.795. The molecular weight excluding hydrogens is 310 g/mol. The third-order valence-corrected chi connectivity index (χ3v) is 4.40. The van der Waals surface area contributed by atoms with Gasteiger partial charge in [-0.15, -0.1) is 11.3 Å². The fourth-order valence-electron chi connectivity index (χ4n) is 2.45. The van der Waals surface area contributed by atoms with Crippen LogP contribution in [-0.4, -0.2) is 27.4 Å². The first-order valence-electron chi connectivity index (χ1n) is 7.77. The van der Waals surface area contributed by atoms with Gasteiger partial charge in [-0.2, -0.15) is 0 Å². The van der Waals surface area contributed by atoms with E-state index >= 15 is 0 Å². The SMILES string of the molecule is O=C(NCCC1=CCCCC1)c1csc(Nc2ncccn2)n1. The van der Waals surface area contributed by atoms with Gasteiger partial charge < -0.3 is 10.6 Å². The van der Waals surface area contributed by atoms with Crippen LogP contribution in [0.15, 0.2) is 35.5 Å². The highest BCUT2D eigenvalue weighted by Crippen LogP contribution is 2.20. The lowest BCUT2D eigenvalue weighted by molar-refractivity contribution is 0.0950. The molecule has 7 heteroatoms. The number of rotatable bonds is 6. The van der Waals surface area contributed by atoms with Gasteiger partial charge in [0.25, 0.3) is 5.91 Å². The monoisotopic (exact) mass is 329 g/mol. The van der Waals surface area contributed by atoms with Crippen LogP contribution in [0.5, 0.6) is 0 Å². The van der Waals surface area contributed by atoms with Crippen LogP contribution >= 0.6 is 11.3 Å². The Bertz CT molecular complexity index is 683. The minimum Gasteiger partial charge on any atom is -0.350 e. The summed E-state index contributed by atoms with van der Waals surface area (Å²) in [6.45, 7) is 0.659. The Morgan fingerprint density at radius 3 is 2.91 bits per heavy atom. The average Bonchev–Trinajstić information content (AvgIpc) is 3.05. The zero-order valence-electron chi connectivity index (χ0n) is 12.8. The van der Waals surface area contributed by atoms with E-state index in [2.05, 4.69) is 31.7 Å². The van der Waals surface area contributed by atoms with Crippen molar-refractivity contribution < 1.29 is 4.79 Å². The molecule has 0 aromatic carbocycles. The standard InChI is InChI=1S/C16H19N5OS/c22-14(17-10-7-12-5-2-1-3-6-12)13-11-23-16(20-13)21-15-18-8-4-9-19-15/h4-5,8-9,11H,1-3,6-7,10H2,(H,17,22)(H,18,19,20,21). The van der Waals surface area contributed by atoms with Crippen LogP contribution in [-0.2, 0) is 0 Å². The number of anilines is 2. The van der Waals surface area contributed by atoms with E-state index in [9.17, 15) is 4.79 Å². The Balaban J connectivity index is 1.49. The van der Waals surface area contributed by atoms with Crippen molar-refractivity contribution >= 4 is 28.3 Å². The lowest BCUT2D eigenvalue weighted by Gasteiger charge is -2.12. The molecule has 0 bridgehead atoms. The predicted octanol–water partition coefficient (Wildman–Crippen LogP) is 3.30. The Morgan fingerprint density at radius 1 is 1.26 bits per heavy atom. The zero-order valence-corrected chi connectivity index (χ0v) is 13.6. The summed E-state index contributed by atoms with van der Waals surface area (Å²) in [5.41, 5.74) is 1.88. The summed E-state index contributed by atoms with van der Waals surface area (Å²) in [6, 6.07) is 1.74. The van der Waals surface area contributed by atoms with Gasteiger partial charge in [0, 0.05) is 24.3 Å². The summed E-state index contributed by atoms with van der Waals surface area (Å²) >= 11 is 1.36. The van der Waals surface area contributed by atoms with Gasteiger partial charge >= 0.3 is 0 Å². The molecule has 0 saturated carbocycles. The van der Waals surface area contributed by atoms with Crippen molar-refractivity contribution in [2.45, 2.75) is 32.1 Å². The lowest BCUT2D eigenvalue weighted by atomic mass is 9.97. The lowest BCUT2D eigenvalue weighted by Crippen LogP contribution is -2.25. The summed E-state index contributed by atoms with van der Waals surface area (Å²) in [7, 11) is 0. The minimum absolute atomic E-state index is 0.139. The normalized spacial score (nSPS) is 14.2. The molecule has 2 N–H and O–H groups in total. The number of nitrogens with one attached hydrogen (secondary N) is 2. The van der Waals surface area contributed by atoms with Crippen molar-refractivity contribution in [3.63, 3.8) is 0 Å². The second kappa shape index (κ2) is 7.82. The van der Waals surface area contributed by atoms with Crippen molar-refractivity contribution in [3.8, 4) is 0 Å². The van der Waals surface area contributed by atoms with Crippen LogP contribution in [0, 0.1) is 0 Å². The van der Waals surface area contributed by atoms with Gasteiger partial charge in [-0.25, -0.2) is 15.0 Å². The molecule has 6 nitrogen and oxygen atoms in total. The Labute approximate surface area is 139 Å². The molecule has 1 aliphatic carbocycles. The molecule has 23 heavy (non-hydrogen) atoms. The third kappa shape index (κ3) is 4.59. The largest absolute Gasteiger partial charge is 0.350 e. The van der Waals surface area contributed by atoms with E-state index in [1.165, 1.54) is 36.2 Å². The summed E-state index contributed by atoms with van der Waals surface area (Å²) in [6.07, 6.45) is 11.4. The van der Waals surface area contributed by atoms with Crippen LogP contribution in [0.25, 0.3) is 0 Å². The fraction of sp³-hybridized carbons (Fsp3) is 0.375. The van der Waals surface area contributed by atoms with Crippen LogP contribution < -0.4 is 10.6 Å². The van der Waals surface area contributed by atoms with Crippen LogP contribution in [0.3, 0.4) is 0 Å². The molecule has 0 saturated heterocycles. The summed E-state index contributed by atoms with van der Waals surface area (Å²) in [5, 5.41) is 8.26. The summed E-state index contributed by atoms with van der Waals surface area (Å²) in [4.78, 5) is 24.5. The second-order valence-corrected chi connectivity index (χ2v) is 6.21. The molecule has 0 unspecified atom stereocenters. The number of aromatic nitrogens is 3. The van der Waals surface area contributed by atoms with Crippen LogP contribution in [0.2, 0.25) is 0 Å². The number of amides is 1. The first kappa shape index (κ1) is 15.6. The van der Waals surface area contributed by atoms with Gasteiger partial charge in [0.15, 0.2) is 5.13 Å². The van der Waals surface area contributed by atoms with E-state index in [-0.39, 0.29) is 5.91 Å². The number of nitrogens with zero attached hydrogens (tertiary/aromatic N) is 3. The van der Waals surface area contributed by atoms with Gasteiger partial charge in [-0.3, -0.25) is 4.79 Å². The Morgan fingerprint density at radius 2 is 2.13 bits per heavy atom. The highest BCUT2D eigenvalue weighted by Gasteiger charge is 2.11. The Kier molecular flexibility index (Phi) is 5.31. The highest BCUT2D eigenvalue weighted by molar-refractivity contribution is 7.14. The fourth-order valence-corrected chi connectivity index (χ4v) is 3.14. The number of allylic oxidation sites excluding steroid dienone is 1. The highest BCUT2D eigenvalue weighted by atomic mass is 32.1. The van der Waals surface area contributed by atoms with E-state index in [4.69, 9.17) is 0 Å². The molecule has 0 aliphatic heterocycles. The minimum atomic E-state index is -0.139. The number of hydrogen-bond donors (Lipinski definition) is 2. The molecule has 0 spiro atoms. The molecule has 2 aromatic heterocycles.